The molecule has 2 aromatic rings. The zero-order valence-corrected chi connectivity index (χ0v) is 14.7. The van der Waals surface area contributed by atoms with Crippen LogP contribution in [-0.4, -0.2) is 13.2 Å². The molecule has 0 unspecified atom stereocenters. The minimum Gasteiger partial charge on any atom is -0.373 e. The molecule has 0 saturated carbocycles. The van der Waals surface area contributed by atoms with Gasteiger partial charge >= 0.3 is 0 Å². The summed E-state index contributed by atoms with van der Waals surface area (Å²) in [5.41, 5.74) is 4.93. The molecule has 0 aliphatic heterocycles. The van der Waals surface area contributed by atoms with Crippen LogP contribution < -0.4 is 0 Å². The van der Waals surface area contributed by atoms with Crippen LogP contribution in [0.1, 0.15) is 24.0 Å². The van der Waals surface area contributed by atoms with Crippen molar-refractivity contribution >= 4 is 11.1 Å². The Morgan fingerprint density at radius 3 is 1.44 bits per heavy atom. The second-order valence-electron chi connectivity index (χ2n) is 5.71. The van der Waals surface area contributed by atoms with Crippen molar-refractivity contribution in [3.63, 3.8) is 0 Å². The summed E-state index contributed by atoms with van der Waals surface area (Å²) in [5.74, 6) is 0. The number of benzene rings is 2. The molecule has 0 aliphatic rings. The fourth-order valence-electron chi connectivity index (χ4n) is 2.64. The van der Waals surface area contributed by atoms with Gasteiger partial charge in [-0.05, 0) is 35.1 Å². The third-order valence-corrected chi connectivity index (χ3v) is 3.91. The molecule has 0 aliphatic carbocycles. The van der Waals surface area contributed by atoms with Gasteiger partial charge in [-0.1, -0.05) is 85.0 Å². The average Bonchev–Trinajstić information content (AvgIpc) is 2.67. The van der Waals surface area contributed by atoms with Crippen molar-refractivity contribution in [2.24, 2.45) is 0 Å². The fourth-order valence-corrected chi connectivity index (χ4v) is 2.64. The molecule has 0 bridgehead atoms. The van der Waals surface area contributed by atoms with Crippen LogP contribution >= 0.6 is 0 Å². The molecule has 0 fully saturated rings. The Morgan fingerprint density at radius 2 is 1.08 bits per heavy atom. The predicted octanol–water partition coefficient (Wildman–Crippen LogP) is 6.32. The molecule has 0 N–H and O–H groups in total. The molecule has 0 spiro atoms. The lowest BCUT2D eigenvalue weighted by Crippen LogP contribution is -1.95. The first-order valence-electron chi connectivity index (χ1n) is 8.63. The molecular formula is C24H26O. The minimum atomic E-state index is 0.588. The molecule has 0 heterocycles. The van der Waals surface area contributed by atoms with Crippen molar-refractivity contribution in [1.82, 2.24) is 0 Å². The minimum absolute atomic E-state index is 0.588. The van der Waals surface area contributed by atoms with Crippen molar-refractivity contribution in [2.45, 2.75) is 12.8 Å². The highest BCUT2D eigenvalue weighted by molar-refractivity contribution is 5.67. The quantitative estimate of drug-likeness (QED) is 0.366. The Labute approximate surface area is 151 Å². The van der Waals surface area contributed by atoms with Crippen LogP contribution in [0.4, 0.5) is 0 Å². The van der Waals surface area contributed by atoms with Gasteiger partial charge in [-0.15, -0.1) is 13.2 Å². The third-order valence-electron chi connectivity index (χ3n) is 3.91. The summed E-state index contributed by atoms with van der Waals surface area (Å²) >= 11 is 0. The topological polar surface area (TPSA) is 9.23 Å². The third kappa shape index (κ3) is 6.40. The van der Waals surface area contributed by atoms with Gasteiger partial charge < -0.3 is 4.74 Å². The lowest BCUT2D eigenvalue weighted by molar-refractivity contribution is 0.194. The second kappa shape index (κ2) is 11.0. The molecule has 25 heavy (non-hydrogen) atoms. The van der Waals surface area contributed by atoms with E-state index in [1.165, 1.54) is 22.3 Å². The van der Waals surface area contributed by atoms with Crippen LogP contribution in [0, 0.1) is 0 Å². The molecule has 1 nitrogen and oxygen atoms in total. The van der Waals surface area contributed by atoms with Gasteiger partial charge in [0.15, 0.2) is 0 Å². The van der Waals surface area contributed by atoms with Crippen molar-refractivity contribution in [3.8, 4) is 0 Å². The summed E-state index contributed by atoms with van der Waals surface area (Å²) in [7, 11) is 0. The summed E-state index contributed by atoms with van der Waals surface area (Å²) in [6, 6.07) is 20.7. The van der Waals surface area contributed by atoms with Crippen LogP contribution in [0.3, 0.4) is 0 Å². The Morgan fingerprint density at radius 1 is 0.680 bits per heavy atom. The van der Waals surface area contributed by atoms with E-state index in [1.807, 2.05) is 24.3 Å². The lowest BCUT2D eigenvalue weighted by atomic mass is 10.0. The molecule has 1 heteroatoms. The van der Waals surface area contributed by atoms with Gasteiger partial charge in [-0.2, -0.15) is 0 Å². The van der Waals surface area contributed by atoms with Crippen molar-refractivity contribution in [2.75, 3.05) is 13.2 Å². The first-order valence-corrected chi connectivity index (χ1v) is 8.63. The monoisotopic (exact) mass is 330 g/mol. The van der Waals surface area contributed by atoms with E-state index in [4.69, 9.17) is 4.74 Å². The molecular weight excluding hydrogens is 304 g/mol. The molecule has 0 amide bonds. The largest absolute Gasteiger partial charge is 0.373 e. The maximum absolute atomic E-state index is 5.81. The molecule has 128 valence electrons. The van der Waals surface area contributed by atoms with Crippen LogP contribution in [-0.2, 0) is 4.74 Å². The number of allylic oxidation sites excluding steroid dienone is 4. The van der Waals surface area contributed by atoms with Crippen LogP contribution in [0.15, 0.2) is 98.1 Å². The molecule has 0 radical (unpaired) electrons. The van der Waals surface area contributed by atoms with Gasteiger partial charge in [0.2, 0.25) is 0 Å². The van der Waals surface area contributed by atoms with Gasteiger partial charge in [-0.25, -0.2) is 0 Å². The van der Waals surface area contributed by atoms with Gasteiger partial charge in [0.1, 0.15) is 0 Å². The summed E-state index contributed by atoms with van der Waals surface area (Å²) in [6.07, 6.45) is 9.82. The molecule has 0 aromatic heterocycles. The van der Waals surface area contributed by atoms with Crippen LogP contribution in [0.2, 0.25) is 0 Å². The van der Waals surface area contributed by atoms with Crippen molar-refractivity contribution in [1.29, 1.82) is 0 Å². The SMILES string of the molecule is C=CCC(=CCOCC=C(CC=C)c1ccccc1)c1ccccc1. The highest BCUT2D eigenvalue weighted by Gasteiger charge is 2.00. The summed E-state index contributed by atoms with van der Waals surface area (Å²) in [5, 5.41) is 0. The fraction of sp³-hybridized carbons (Fsp3) is 0.167. The zero-order valence-electron chi connectivity index (χ0n) is 14.7. The van der Waals surface area contributed by atoms with E-state index in [-0.39, 0.29) is 0 Å². The number of hydrogen-bond acceptors (Lipinski definition) is 1. The van der Waals surface area contributed by atoms with Crippen LogP contribution in [0.25, 0.3) is 11.1 Å². The number of hydrogen-bond donors (Lipinski definition) is 0. The smallest absolute Gasteiger partial charge is 0.0657 e. The van der Waals surface area contributed by atoms with Gasteiger partial charge in [-0.3, -0.25) is 0 Å². The van der Waals surface area contributed by atoms with Crippen LogP contribution in [0.5, 0.6) is 0 Å². The van der Waals surface area contributed by atoms with Gasteiger partial charge in [0, 0.05) is 0 Å². The molecule has 0 saturated heterocycles. The maximum Gasteiger partial charge on any atom is 0.0657 e. The molecule has 0 atom stereocenters. The van der Waals surface area contributed by atoms with Gasteiger partial charge in [0.25, 0.3) is 0 Å². The lowest BCUT2D eigenvalue weighted by Gasteiger charge is -2.07. The standard InChI is InChI=1S/C24H26O/c1-3-11-21(23-13-7-5-8-14-23)17-19-25-20-18-22(12-4-2)24-15-9-6-10-16-24/h3-10,13-18H,1-2,11-12,19-20H2. The Kier molecular flexibility index (Phi) is 8.23. The van der Waals surface area contributed by atoms with Crippen molar-refractivity contribution in [3.05, 3.63) is 109 Å². The Balaban J connectivity index is 1.95. The normalized spacial score (nSPS) is 12.0. The second-order valence-corrected chi connectivity index (χ2v) is 5.71. The van der Waals surface area contributed by atoms with E-state index in [0.717, 1.165) is 12.8 Å². The zero-order chi connectivity index (χ0) is 17.7. The Bertz CT molecular complexity index is 645. The molecule has 2 rings (SSSR count). The Hall–Kier alpha value is -2.64. The molecule has 2 aromatic carbocycles. The van der Waals surface area contributed by atoms with E-state index in [9.17, 15) is 0 Å². The highest BCUT2D eigenvalue weighted by atomic mass is 16.5. The summed E-state index contributed by atoms with van der Waals surface area (Å²) in [4.78, 5) is 0. The first kappa shape index (κ1) is 18.7. The summed E-state index contributed by atoms with van der Waals surface area (Å²) < 4.78 is 5.81. The van der Waals surface area contributed by atoms with Gasteiger partial charge in [0.05, 0.1) is 13.2 Å². The van der Waals surface area contributed by atoms with E-state index >= 15 is 0 Å². The summed E-state index contributed by atoms with van der Waals surface area (Å²) in [6.45, 7) is 8.87. The van der Waals surface area contributed by atoms with E-state index in [1.54, 1.807) is 0 Å². The van der Waals surface area contributed by atoms with E-state index < -0.39 is 0 Å². The average molecular weight is 330 g/mol. The van der Waals surface area contributed by atoms with E-state index in [0.29, 0.717) is 13.2 Å². The number of rotatable bonds is 10. The first-order chi connectivity index (χ1) is 12.3. The number of ether oxygens (including phenoxy) is 1. The maximum atomic E-state index is 5.81. The van der Waals surface area contributed by atoms with E-state index in [2.05, 4.69) is 73.8 Å². The predicted molar refractivity (Wildman–Crippen MR) is 109 cm³/mol. The highest BCUT2D eigenvalue weighted by Crippen LogP contribution is 2.19. The van der Waals surface area contributed by atoms with Crippen molar-refractivity contribution < 1.29 is 4.74 Å².